The lowest BCUT2D eigenvalue weighted by molar-refractivity contribution is 0.0853. The Labute approximate surface area is 166 Å². The van der Waals surface area contributed by atoms with Crippen LogP contribution in [0.4, 0.5) is 17.2 Å². The summed E-state index contributed by atoms with van der Waals surface area (Å²) in [6, 6.07) is 10.5. The van der Waals surface area contributed by atoms with E-state index in [0.717, 1.165) is 31.7 Å². The van der Waals surface area contributed by atoms with Gasteiger partial charge in [0.25, 0.3) is 5.91 Å². The number of benzene rings is 1. The number of hydrogen-bond acceptors (Lipinski definition) is 5. The first-order valence-electron chi connectivity index (χ1n) is 9.95. The van der Waals surface area contributed by atoms with Gasteiger partial charge in [0.05, 0.1) is 11.3 Å². The highest BCUT2D eigenvalue weighted by Crippen LogP contribution is 2.29. The lowest BCUT2D eigenvalue weighted by atomic mass is 9.92. The summed E-state index contributed by atoms with van der Waals surface area (Å²) in [6.45, 7) is 8.01. The minimum atomic E-state index is -0.488. The molecular formula is C22H30N4O2. The largest absolute Gasteiger partial charge is 0.382 e. The van der Waals surface area contributed by atoms with Gasteiger partial charge in [-0.2, -0.15) is 0 Å². The van der Waals surface area contributed by atoms with E-state index in [-0.39, 0.29) is 6.04 Å². The lowest BCUT2D eigenvalue weighted by Crippen LogP contribution is -2.24. The molecule has 2 heterocycles. The van der Waals surface area contributed by atoms with Crippen LogP contribution in [0.3, 0.4) is 0 Å². The van der Waals surface area contributed by atoms with Crippen LogP contribution >= 0.6 is 0 Å². The van der Waals surface area contributed by atoms with Crippen molar-refractivity contribution in [3.63, 3.8) is 0 Å². The van der Waals surface area contributed by atoms with Crippen molar-refractivity contribution < 1.29 is 9.53 Å². The maximum atomic E-state index is 11.7. The third kappa shape index (κ3) is 5.01. The molecule has 1 atom stereocenters. The molecule has 28 heavy (non-hydrogen) atoms. The summed E-state index contributed by atoms with van der Waals surface area (Å²) in [7, 11) is 0. The van der Waals surface area contributed by atoms with Crippen LogP contribution in [0.15, 0.2) is 36.5 Å². The highest BCUT2D eigenvalue weighted by molar-refractivity contribution is 5.98. The van der Waals surface area contributed by atoms with Crippen LogP contribution in [0.1, 0.15) is 55.5 Å². The van der Waals surface area contributed by atoms with Crippen LogP contribution in [-0.4, -0.2) is 30.1 Å². The van der Waals surface area contributed by atoms with Gasteiger partial charge >= 0.3 is 0 Å². The Morgan fingerprint density at radius 1 is 1.18 bits per heavy atom. The maximum absolute atomic E-state index is 11.7. The summed E-state index contributed by atoms with van der Waals surface area (Å²) in [4.78, 5) is 16.1. The molecule has 1 aliphatic rings. The van der Waals surface area contributed by atoms with E-state index < -0.39 is 5.91 Å². The average Bonchev–Trinajstić information content (AvgIpc) is 2.69. The van der Waals surface area contributed by atoms with Crippen molar-refractivity contribution in [2.45, 2.75) is 45.6 Å². The summed E-state index contributed by atoms with van der Waals surface area (Å²) >= 11 is 0. The third-order valence-electron chi connectivity index (χ3n) is 5.43. The molecule has 1 saturated heterocycles. The first-order chi connectivity index (χ1) is 13.4. The number of carbonyl (C=O) groups excluding carboxylic acids is 1. The molecule has 4 N–H and O–H groups in total. The van der Waals surface area contributed by atoms with Gasteiger partial charge in [-0.25, -0.2) is 4.98 Å². The number of nitrogens with zero attached hydrogens (tertiary/aromatic N) is 1. The molecule has 150 valence electrons. The second-order valence-electron chi connectivity index (χ2n) is 7.79. The van der Waals surface area contributed by atoms with E-state index in [1.807, 2.05) is 6.07 Å². The SMILES string of the molecule is CC(C)C(C)Nc1cc(Nc2ccc(C3CCOCC3)cc2)ncc1C(N)=O. The highest BCUT2D eigenvalue weighted by Gasteiger charge is 2.16. The number of amides is 1. The Morgan fingerprint density at radius 3 is 2.46 bits per heavy atom. The molecule has 0 spiro atoms. The van der Waals surface area contributed by atoms with Crippen molar-refractivity contribution in [1.82, 2.24) is 4.98 Å². The zero-order valence-electron chi connectivity index (χ0n) is 16.9. The van der Waals surface area contributed by atoms with Crippen molar-refractivity contribution in [2.75, 3.05) is 23.8 Å². The number of pyridine rings is 1. The fraction of sp³-hybridized carbons (Fsp3) is 0.455. The van der Waals surface area contributed by atoms with E-state index in [1.54, 1.807) is 0 Å². The van der Waals surface area contributed by atoms with Crippen LogP contribution < -0.4 is 16.4 Å². The summed E-state index contributed by atoms with van der Waals surface area (Å²) in [5, 5.41) is 6.69. The van der Waals surface area contributed by atoms with Gasteiger partial charge in [0.15, 0.2) is 0 Å². The molecule has 0 radical (unpaired) electrons. The van der Waals surface area contributed by atoms with Crippen LogP contribution in [0.5, 0.6) is 0 Å². The molecule has 1 aliphatic heterocycles. The quantitative estimate of drug-likeness (QED) is 0.665. The third-order valence-corrected chi connectivity index (χ3v) is 5.43. The zero-order valence-corrected chi connectivity index (χ0v) is 16.9. The second-order valence-corrected chi connectivity index (χ2v) is 7.79. The van der Waals surface area contributed by atoms with Crippen LogP contribution in [-0.2, 0) is 4.74 Å². The number of ether oxygens (including phenoxy) is 1. The van der Waals surface area contributed by atoms with E-state index in [2.05, 4.69) is 60.7 Å². The zero-order chi connectivity index (χ0) is 20.1. The smallest absolute Gasteiger partial charge is 0.252 e. The van der Waals surface area contributed by atoms with Crippen molar-refractivity contribution in [3.8, 4) is 0 Å². The molecule has 6 nitrogen and oxygen atoms in total. The average molecular weight is 383 g/mol. The number of rotatable bonds is 7. The molecule has 0 saturated carbocycles. The molecule has 0 bridgehead atoms. The van der Waals surface area contributed by atoms with E-state index in [9.17, 15) is 4.79 Å². The molecule has 3 rings (SSSR count). The van der Waals surface area contributed by atoms with E-state index in [4.69, 9.17) is 10.5 Å². The summed E-state index contributed by atoms with van der Waals surface area (Å²) in [6.07, 6.45) is 3.67. The number of hydrogen-bond donors (Lipinski definition) is 3. The van der Waals surface area contributed by atoms with Gasteiger partial charge in [0.2, 0.25) is 0 Å². The van der Waals surface area contributed by atoms with Gasteiger partial charge in [0.1, 0.15) is 5.82 Å². The van der Waals surface area contributed by atoms with Crippen molar-refractivity contribution >= 4 is 23.1 Å². The maximum Gasteiger partial charge on any atom is 0.252 e. The number of nitrogens with one attached hydrogen (secondary N) is 2. The van der Waals surface area contributed by atoms with Crippen molar-refractivity contribution in [3.05, 3.63) is 47.7 Å². The molecule has 6 heteroatoms. The Balaban J connectivity index is 1.75. The van der Waals surface area contributed by atoms with Gasteiger partial charge in [-0.15, -0.1) is 0 Å². The number of nitrogens with two attached hydrogens (primary N) is 1. The Bertz CT molecular complexity index is 799. The number of carbonyl (C=O) groups is 1. The normalized spacial score (nSPS) is 16.0. The highest BCUT2D eigenvalue weighted by atomic mass is 16.5. The monoisotopic (exact) mass is 382 g/mol. The summed E-state index contributed by atoms with van der Waals surface area (Å²) in [5.41, 5.74) is 8.91. The van der Waals surface area contributed by atoms with E-state index in [0.29, 0.717) is 28.9 Å². The standard InChI is InChI=1S/C22H30N4O2/c1-14(2)15(3)25-20-12-21(24-13-19(20)22(23)27)26-18-6-4-16(5-7-18)17-8-10-28-11-9-17/h4-7,12-15,17H,8-11H2,1-3H3,(H2,23,27)(H2,24,25,26). The Hall–Kier alpha value is -2.60. The summed E-state index contributed by atoms with van der Waals surface area (Å²) < 4.78 is 5.44. The predicted molar refractivity (Wildman–Crippen MR) is 113 cm³/mol. The number of primary amides is 1. The van der Waals surface area contributed by atoms with Crippen LogP contribution in [0.25, 0.3) is 0 Å². The molecule has 1 aromatic carbocycles. The number of anilines is 3. The molecule has 0 aliphatic carbocycles. The van der Waals surface area contributed by atoms with Gasteiger partial charge in [-0.3, -0.25) is 4.79 Å². The van der Waals surface area contributed by atoms with Crippen LogP contribution in [0.2, 0.25) is 0 Å². The minimum absolute atomic E-state index is 0.201. The summed E-state index contributed by atoms with van der Waals surface area (Å²) in [5.74, 6) is 1.17. The second kappa shape index (κ2) is 9.06. The molecule has 1 unspecified atom stereocenters. The molecule has 1 amide bonds. The van der Waals surface area contributed by atoms with Crippen LogP contribution in [0, 0.1) is 5.92 Å². The predicted octanol–water partition coefficient (Wildman–Crippen LogP) is 4.27. The lowest BCUT2D eigenvalue weighted by Gasteiger charge is -2.22. The van der Waals surface area contributed by atoms with E-state index >= 15 is 0 Å². The molecule has 2 aromatic rings. The number of aromatic nitrogens is 1. The first kappa shape index (κ1) is 20.1. The van der Waals surface area contributed by atoms with Gasteiger partial charge in [-0.05, 0) is 49.3 Å². The van der Waals surface area contributed by atoms with Gasteiger partial charge in [-0.1, -0.05) is 26.0 Å². The fourth-order valence-electron chi connectivity index (χ4n) is 3.27. The Morgan fingerprint density at radius 2 is 1.86 bits per heavy atom. The molecule has 1 fully saturated rings. The molecular weight excluding hydrogens is 352 g/mol. The minimum Gasteiger partial charge on any atom is -0.382 e. The van der Waals surface area contributed by atoms with Crippen molar-refractivity contribution in [2.24, 2.45) is 11.7 Å². The molecule has 1 aromatic heterocycles. The first-order valence-corrected chi connectivity index (χ1v) is 9.95. The topological polar surface area (TPSA) is 89.3 Å². The Kier molecular flexibility index (Phi) is 6.52. The van der Waals surface area contributed by atoms with E-state index in [1.165, 1.54) is 11.8 Å². The van der Waals surface area contributed by atoms with Crippen molar-refractivity contribution in [1.29, 1.82) is 0 Å². The van der Waals surface area contributed by atoms with Gasteiger partial charge in [0, 0.05) is 37.2 Å². The van der Waals surface area contributed by atoms with Gasteiger partial charge < -0.3 is 21.1 Å². The fourth-order valence-corrected chi connectivity index (χ4v) is 3.27.